The van der Waals surface area contributed by atoms with Gasteiger partial charge in [0.1, 0.15) is 12.7 Å². The van der Waals surface area contributed by atoms with Crippen LogP contribution in [0.5, 0.6) is 0 Å². The Morgan fingerprint density at radius 2 is 2.29 bits per heavy atom. The summed E-state index contributed by atoms with van der Waals surface area (Å²) in [6.45, 7) is 1.30. The zero-order valence-electron chi connectivity index (χ0n) is 10.4. The number of fused-ring (bicyclic) bond motifs is 1. The van der Waals surface area contributed by atoms with Crippen molar-refractivity contribution in [3.63, 3.8) is 0 Å². The number of hydrogen-bond acceptors (Lipinski definition) is 7. The van der Waals surface area contributed by atoms with Gasteiger partial charge >= 0.3 is 35.5 Å². The van der Waals surface area contributed by atoms with E-state index in [4.69, 9.17) is 15.7 Å². The third-order valence-electron chi connectivity index (χ3n) is 1.86. The second-order valence-corrected chi connectivity index (χ2v) is 3.09. The van der Waals surface area contributed by atoms with Gasteiger partial charge in [0.2, 0.25) is 5.65 Å². The number of aromatic nitrogens is 4. The van der Waals surface area contributed by atoms with Crippen molar-refractivity contribution in [3.05, 3.63) is 12.7 Å². The number of carbonyl (C=O) groups excluding carboxylic acids is 1. The van der Waals surface area contributed by atoms with E-state index in [1.165, 1.54) is 19.6 Å². The molecule has 0 aliphatic heterocycles. The van der Waals surface area contributed by atoms with Crippen LogP contribution in [-0.4, -0.2) is 36.9 Å². The van der Waals surface area contributed by atoms with Gasteiger partial charge in [0.25, 0.3) is 0 Å². The molecule has 1 unspecified atom stereocenters. The third-order valence-corrected chi connectivity index (χ3v) is 1.86. The maximum Gasteiger partial charge on any atom is 1.00 e. The number of aliphatic hydroxyl groups is 1. The fourth-order valence-electron chi connectivity index (χ4n) is 1.07. The quantitative estimate of drug-likeness (QED) is 0.517. The van der Waals surface area contributed by atoms with Gasteiger partial charge in [-0.2, -0.15) is 0 Å². The summed E-state index contributed by atoms with van der Waals surface area (Å²) in [6.07, 6.45) is 1.24. The van der Waals surface area contributed by atoms with Gasteiger partial charge in [0.15, 0.2) is 17.4 Å². The van der Waals surface area contributed by atoms with Crippen LogP contribution in [-0.2, 0) is 4.79 Å². The smallest absolute Gasteiger partial charge is 1.00 e. The maximum atomic E-state index is 11.1. The van der Waals surface area contributed by atoms with Gasteiger partial charge in [-0.05, 0) is 6.92 Å². The number of aliphatic hydroxyl groups excluding tert-OH is 1. The predicted octanol–water partition coefficient (Wildman–Crippen LogP) is -4.14. The van der Waals surface area contributed by atoms with Crippen LogP contribution >= 0.6 is 0 Å². The summed E-state index contributed by atoms with van der Waals surface area (Å²) in [5.74, 6) is -0.617. The molecule has 0 amide bonds. The first-order chi connectivity index (χ1) is 7.59. The van der Waals surface area contributed by atoms with Crippen molar-refractivity contribution in [1.82, 2.24) is 19.7 Å². The monoisotopic (exact) mass is 247 g/mol. The molecule has 0 saturated carbocycles. The molecule has 2 aromatic rings. The van der Waals surface area contributed by atoms with Crippen LogP contribution in [0.2, 0.25) is 0 Å². The Labute approximate surface area is 120 Å². The molecule has 0 saturated heterocycles. The first-order valence-corrected chi connectivity index (χ1v) is 4.43. The molecule has 0 bridgehead atoms. The van der Waals surface area contributed by atoms with Crippen molar-refractivity contribution in [2.45, 2.75) is 13.0 Å². The van der Waals surface area contributed by atoms with Crippen LogP contribution in [0.4, 0.5) is 5.82 Å². The first kappa shape index (κ1) is 13.8. The zero-order chi connectivity index (χ0) is 11.7. The van der Waals surface area contributed by atoms with E-state index in [-0.39, 0.29) is 42.4 Å². The second-order valence-electron chi connectivity index (χ2n) is 3.09. The maximum absolute atomic E-state index is 11.1. The number of anilines is 1. The van der Waals surface area contributed by atoms with E-state index in [0.717, 1.165) is 4.73 Å². The molecule has 8 nitrogen and oxygen atoms in total. The standard InChI is InChI=1S/C8H9N5O3.Na.H/c1-4(14)8(15)16-13-3-12-5-6(9)10-2-11-7(5)13;;/h2-4,14H,1H3,(H2,9,10,11);;/q;+1;-1. The SMILES string of the molecule is CC(O)C(=O)On1cnc2c(N)ncnc21.[H-].[Na+]. The Hall–Kier alpha value is -1.22. The van der Waals surface area contributed by atoms with Crippen molar-refractivity contribution >= 4 is 23.0 Å². The Kier molecular flexibility index (Phi) is 4.40. The Balaban J connectivity index is 0.00000144. The van der Waals surface area contributed by atoms with E-state index in [1.807, 2.05) is 0 Å². The van der Waals surface area contributed by atoms with Crippen LogP contribution in [0.15, 0.2) is 12.7 Å². The van der Waals surface area contributed by atoms with Gasteiger partial charge in [-0.15, -0.1) is 4.73 Å². The number of nitrogen functional groups attached to an aromatic ring is 1. The number of imidazole rings is 1. The van der Waals surface area contributed by atoms with Crippen molar-refractivity contribution in [3.8, 4) is 0 Å². The topological polar surface area (TPSA) is 116 Å². The summed E-state index contributed by atoms with van der Waals surface area (Å²) in [7, 11) is 0. The summed E-state index contributed by atoms with van der Waals surface area (Å²) >= 11 is 0. The van der Waals surface area contributed by atoms with E-state index in [2.05, 4.69) is 15.0 Å². The molecule has 2 aromatic heterocycles. The molecule has 0 aromatic carbocycles. The Bertz CT molecular complexity index is 547. The molecule has 0 aliphatic rings. The average Bonchev–Trinajstić information content (AvgIpc) is 2.63. The summed E-state index contributed by atoms with van der Waals surface area (Å²) in [5, 5.41) is 8.98. The van der Waals surface area contributed by atoms with Crippen LogP contribution in [0.25, 0.3) is 11.2 Å². The summed E-state index contributed by atoms with van der Waals surface area (Å²) < 4.78 is 1.03. The Morgan fingerprint density at radius 3 is 2.94 bits per heavy atom. The van der Waals surface area contributed by atoms with Gasteiger partial charge in [-0.25, -0.2) is 19.7 Å². The number of nitrogens with zero attached hydrogens (tertiary/aromatic N) is 4. The van der Waals surface area contributed by atoms with Crippen LogP contribution in [0, 0.1) is 0 Å². The van der Waals surface area contributed by atoms with Crippen molar-refractivity contribution in [2.75, 3.05) is 5.73 Å². The minimum atomic E-state index is -1.23. The summed E-state index contributed by atoms with van der Waals surface area (Å²) in [5.41, 5.74) is 6.14. The largest absolute Gasteiger partial charge is 1.00 e. The van der Waals surface area contributed by atoms with Gasteiger partial charge in [-0.3, -0.25) is 0 Å². The molecule has 2 heterocycles. The number of carbonyl (C=O) groups is 1. The molecule has 86 valence electrons. The molecule has 17 heavy (non-hydrogen) atoms. The van der Waals surface area contributed by atoms with Crippen molar-refractivity contribution < 1.29 is 45.7 Å². The fourth-order valence-corrected chi connectivity index (χ4v) is 1.07. The number of nitrogens with two attached hydrogens (primary N) is 1. The normalized spacial score (nSPS) is 11.9. The van der Waals surface area contributed by atoms with E-state index in [9.17, 15) is 4.79 Å². The van der Waals surface area contributed by atoms with E-state index in [1.54, 1.807) is 0 Å². The van der Waals surface area contributed by atoms with Crippen LogP contribution in [0.1, 0.15) is 8.35 Å². The van der Waals surface area contributed by atoms with E-state index < -0.39 is 12.1 Å². The molecule has 0 aliphatic carbocycles. The fraction of sp³-hybridized carbons (Fsp3) is 0.250. The minimum Gasteiger partial charge on any atom is -1.00 e. The number of rotatable bonds is 2. The predicted molar refractivity (Wildman–Crippen MR) is 54.1 cm³/mol. The summed E-state index contributed by atoms with van der Waals surface area (Å²) in [6, 6.07) is 0. The summed E-state index contributed by atoms with van der Waals surface area (Å²) in [4.78, 5) is 27.4. The molecule has 0 radical (unpaired) electrons. The van der Waals surface area contributed by atoms with Crippen LogP contribution in [0.3, 0.4) is 0 Å². The third kappa shape index (κ3) is 2.72. The molecular weight excluding hydrogens is 237 g/mol. The van der Waals surface area contributed by atoms with Crippen LogP contribution < -0.4 is 40.1 Å². The zero-order valence-corrected chi connectivity index (χ0v) is 11.4. The first-order valence-electron chi connectivity index (χ1n) is 4.43. The molecule has 0 spiro atoms. The average molecular weight is 247 g/mol. The molecule has 2 rings (SSSR count). The van der Waals surface area contributed by atoms with Crippen molar-refractivity contribution in [2.24, 2.45) is 0 Å². The Morgan fingerprint density at radius 1 is 1.59 bits per heavy atom. The van der Waals surface area contributed by atoms with Gasteiger partial charge in [-0.1, -0.05) is 0 Å². The van der Waals surface area contributed by atoms with Gasteiger partial charge < -0.3 is 17.1 Å². The molecule has 9 heteroatoms. The molecule has 0 fully saturated rings. The van der Waals surface area contributed by atoms with Crippen molar-refractivity contribution in [1.29, 1.82) is 0 Å². The molecular formula is C8H10N5NaO3. The van der Waals surface area contributed by atoms with Gasteiger partial charge in [0, 0.05) is 0 Å². The van der Waals surface area contributed by atoms with E-state index >= 15 is 0 Å². The molecule has 1 atom stereocenters. The number of hydrogen-bond donors (Lipinski definition) is 2. The molecule has 3 N–H and O–H groups in total. The van der Waals surface area contributed by atoms with E-state index in [0.29, 0.717) is 5.52 Å². The van der Waals surface area contributed by atoms with Gasteiger partial charge in [0.05, 0.1) is 0 Å². The minimum absolute atomic E-state index is 0. The second kappa shape index (κ2) is 5.41.